The van der Waals surface area contributed by atoms with Crippen molar-refractivity contribution in [3.63, 3.8) is 0 Å². The van der Waals surface area contributed by atoms with Crippen molar-refractivity contribution in [3.8, 4) is 5.75 Å². The molecule has 1 aliphatic rings. The van der Waals surface area contributed by atoms with Gasteiger partial charge in [-0.15, -0.1) is 0 Å². The van der Waals surface area contributed by atoms with E-state index in [1.165, 1.54) is 11.1 Å². The van der Waals surface area contributed by atoms with Crippen LogP contribution in [0, 0.1) is 0 Å². The quantitative estimate of drug-likeness (QED) is 0.543. The minimum atomic E-state index is 0.427. The Morgan fingerprint density at radius 1 is 1.43 bits per heavy atom. The molecule has 2 rings (SSSR count). The molecule has 0 radical (unpaired) electrons. The van der Waals surface area contributed by atoms with Gasteiger partial charge in [-0.1, -0.05) is 6.07 Å². The molecule has 0 fully saturated rings. The van der Waals surface area contributed by atoms with Crippen LogP contribution in [-0.2, 0) is 12.8 Å². The number of ether oxygens (including phenoxy) is 1. The van der Waals surface area contributed by atoms with Crippen LogP contribution in [0.25, 0.3) is 0 Å². The number of hydrogen-bond donors (Lipinski definition) is 2. The highest BCUT2D eigenvalue weighted by molar-refractivity contribution is 5.37. The predicted molar refractivity (Wildman–Crippen MR) is 56.1 cm³/mol. The molecule has 3 nitrogen and oxygen atoms in total. The van der Waals surface area contributed by atoms with Crippen LogP contribution >= 0.6 is 0 Å². The Kier molecular flexibility index (Phi) is 2.70. The Balaban J connectivity index is 2.23. The fraction of sp³-hybridized carbons (Fsp3) is 0.455. The SMILES string of the molecule is COc1ccc2c(c1)CC[C@@H](NN)C2. The number of nitrogens with two attached hydrogens (primary N) is 1. The topological polar surface area (TPSA) is 47.3 Å². The third-order valence-electron chi connectivity index (χ3n) is 2.88. The Hall–Kier alpha value is -1.06. The van der Waals surface area contributed by atoms with Gasteiger partial charge in [-0.2, -0.15) is 0 Å². The van der Waals surface area contributed by atoms with E-state index in [2.05, 4.69) is 17.6 Å². The fourth-order valence-electron chi connectivity index (χ4n) is 2.00. The van der Waals surface area contributed by atoms with Crippen LogP contribution in [0.1, 0.15) is 17.5 Å². The van der Waals surface area contributed by atoms with Crippen molar-refractivity contribution in [2.45, 2.75) is 25.3 Å². The van der Waals surface area contributed by atoms with Crippen molar-refractivity contribution in [3.05, 3.63) is 29.3 Å². The highest BCUT2D eigenvalue weighted by Gasteiger charge is 2.17. The van der Waals surface area contributed by atoms with E-state index < -0.39 is 0 Å². The molecule has 76 valence electrons. The Bertz CT molecular complexity index is 325. The van der Waals surface area contributed by atoms with E-state index in [4.69, 9.17) is 10.6 Å². The summed E-state index contributed by atoms with van der Waals surface area (Å²) < 4.78 is 5.19. The second-order valence-electron chi connectivity index (χ2n) is 3.74. The van der Waals surface area contributed by atoms with E-state index in [0.29, 0.717) is 6.04 Å². The Morgan fingerprint density at radius 2 is 2.29 bits per heavy atom. The molecule has 0 spiro atoms. The van der Waals surface area contributed by atoms with Crippen molar-refractivity contribution >= 4 is 0 Å². The number of hydrazine groups is 1. The van der Waals surface area contributed by atoms with E-state index in [1.807, 2.05) is 6.07 Å². The minimum absolute atomic E-state index is 0.427. The largest absolute Gasteiger partial charge is 0.497 e. The Labute approximate surface area is 84.2 Å². The van der Waals surface area contributed by atoms with Gasteiger partial charge in [-0.05, 0) is 42.5 Å². The minimum Gasteiger partial charge on any atom is -0.497 e. The highest BCUT2D eigenvalue weighted by atomic mass is 16.5. The molecule has 0 unspecified atom stereocenters. The molecule has 1 aromatic rings. The number of methoxy groups -OCH3 is 1. The third-order valence-corrected chi connectivity index (χ3v) is 2.88. The van der Waals surface area contributed by atoms with Gasteiger partial charge in [0.15, 0.2) is 0 Å². The van der Waals surface area contributed by atoms with Crippen LogP contribution in [0.4, 0.5) is 0 Å². The van der Waals surface area contributed by atoms with Gasteiger partial charge in [0.1, 0.15) is 5.75 Å². The number of hydrogen-bond acceptors (Lipinski definition) is 3. The summed E-state index contributed by atoms with van der Waals surface area (Å²) in [5.41, 5.74) is 5.63. The van der Waals surface area contributed by atoms with E-state index >= 15 is 0 Å². The lowest BCUT2D eigenvalue weighted by molar-refractivity contribution is 0.411. The number of fused-ring (bicyclic) bond motifs is 1. The van der Waals surface area contributed by atoms with Crippen LogP contribution in [0.5, 0.6) is 5.75 Å². The molecule has 0 heterocycles. The van der Waals surface area contributed by atoms with Crippen LogP contribution in [0.15, 0.2) is 18.2 Å². The summed E-state index contributed by atoms with van der Waals surface area (Å²) in [6.45, 7) is 0. The van der Waals surface area contributed by atoms with Crippen LogP contribution in [0.3, 0.4) is 0 Å². The molecule has 0 saturated heterocycles. The van der Waals surface area contributed by atoms with Gasteiger partial charge in [0.05, 0.1) is 7.11 Å². The van der Waals surface area contributed by atoms with Crippen molar-refractivity contribution in [1.29, 1.82) is 0 Å². The zero-order valence-electron chi connectivity index (χ0n) is 8.42. The average Bonchev–Trinajstić information content (AvgIpc) is 2.27. The summed E-state index contributed by atoms with van der Waals surface area (Å²) >= 11 is 0. The van der Waals surface area contributed by atoms with Gasteiger partial charge in [-0.3, -0.25) is 11.3 Å². The molecular formula is C11H16N2O. The molecule has 0 bridgehead atoms. The first-order chi connectivity index (χ1) is 6.83. The van der Waals surface area contributed by atoms with Gasteiger partial charge < -0.3 is 4.74 Å². The molecule has 0 saturated carbocycles. The van der Waals surface area contributed by atoms with E-state index in [9.17, 15) is 0 Å². The summed E-state index contributed by atoms with van der Waals surface area (Å²) in [6, 6.07) is 6.70. The molecule has 0 aliphatic heterocycles. The lowest BCUT2D eigenvalue weighted by Crippen LogP contribution is -2.39. The third kappa shape index (κ3) is 1.74. The lowest BCUT2D eigenvalue weighted by Gasteiger charge is -2.24. The number of rotatable bonds is 2. The number of nitrogens with one attached hydrogen (secondary N) is 1. The maximum atomic E-state index is 5.44. The normalized spacial score (nSPS) is 20.3. The van der Waals surface area contributed by atoms with Crippen LogP contribution in [-0.4, -0.2) is 13.2 Å². The van der Waals surface area contributed by atoms with Crippen molar-refractivity contribution in [2.75, 3.05) is 7.11 Å². The molecular weight excluding hydrogens is 176 g/mol. The highest BCUT2D eigenvalue weighted by Crippen LogP contribution is 2.25. The van der Waals surface area contributed by atoms with Gasteiger partial charge in [-0.25, -0.2) is 0 Å². The van der Waals surface area contributed by atoms with Crippen LogP contribution < -0.4 is 16.0 Å². The molecule has 3 heteroatoms. The Morgan fingerprint density at radius 3 is 3.00 bits per heavy atom. The number of aryl methyl sites for hydroxylation is 1. The van der Waals surface area contributed by atoms with E-state index in [1.54, 1.807) is 7.11 Å². The molecule has 1 aliphatic carbocycles. The predicted octanol–water partition coefficient (Wildman–Crippen LogP) is 1.02. The lowest BCUT2D eigenvalue weighted by atomic mass is 9.88. The summed E-state index contributed by atoms with van der Waals surface area (Å²) in [7, 11) is 1.70. The number of benzene rings is 1. The summed E-state index contributed by atoms with van der Waals surface area (Å²) in [4.78, 5) is 0. The molecule has 0 aromatic heterocycles. The molecule has 0 amide bonds. The first-order valence-corrected chi connectivity index (χ1v) is 4.95. The van der Waals surface area contributed by atoms with Crippen LogP contribution in [0.2, 0.25) is 0 Å². The molecule has 1 aromatic carbocycles. The zero-order chi connectivity index (χ0) is 9.97. The summed E-state index contributed by atoms with van der Waals surface area (Å²) in [5.74, 6) is 6.39. The van der Waals surface area contributed by atoms with Crippen molar-refractivity contribution in [1.82, 2.24) is 5.43 Å². The zero-order valence-corrected chi connectivity index (χ0v) is 8.42. The maximum absolute atomic E-state index is 5.44. The molecule has 14 heavy (non-hydrogen) atoms. The molecule has 3 N–H and O–H groups in total. The van der Waals surface area contributed by atoms with Gasteiger partial charge in [0.2, 0.25) is 0 Å². The maximum Gasteiger partial charge on any atom is 0.119 e. The first-order valence-electron chi connectivity index (χ1n) is 4.95. The fourth-order valence-corrected chi connectivity index (χ4v) is 2.00. The standard InChI is InChI=1S/C11H16N2O/c1-14-11-5-3-8-6-10(13-12)4-2-9(8)7-11/h3,5,7,10,13H,2,4,6,12H2,1H3/t10-/m1/s1. The second-order valence-corrected chi connectivity index (χ2v) is 3.74. The first kappa shape index (κ1) is 9.49. The van der Waals surface area contributed by atoms with Gasteiger partial charge in [0, 0.05) is 6.04 Å². The monoisotopic (exact) mass is 192 g/mol. The van der Waals surface area contributed by atoms with Crippen molar-refractivity contribution in [2.24, 2.45) is 5.84 Å². The summed E-state index contributed by atoms with van der Waals surface area (Å²) in [6.07, 6.45) is 3.22. The van der Waals surface area contributed by atoms with E-state index in [0.717, 1.165) is 25.0 Å². The molecule has 1 atom stereocenters. The summed E-state index contributed by atoms with van der Waals surface area (Å²) in [5, 5.41) is 0. The van der Waals surface area contributed by atoms with Gasteiger partial charge in [0.25, 0.3) is 0 Å². The van der Waals surface area contributed by atoms with Gasteiger partial charge >= 0.3 is 0 Å². The van der Waals surface area contributed by atoms with Crippen molar-refractivity contribution < 1.29 is 4.74 Å². The average molecular weight is 192 g/mol. The second kappa shape index (κ2) is 3.98. The van der Waals surface area contributed by atoms with E-state index in [-0.39, 0.29) is 0 Å². The smallest absolute Gasteiger partial charge is 0.119 e.